The lowest BCUT2D eigenvalue weighted by molar-refractivity contribution is -0.364. The van der Waals surface area contributed by atoms with Gasteiger partial charge in [0.05, 0.1) is 0 Å². The van der Waals surface area contributed by atoms with E-state index in [2.05, 4.69) is 31.9 Å². The highest BCUT2D eigenvalue weighted by molar-refractivity contribution is 9.10. The number of allylic oxidation sites excluding steroid dienone is 1. The minimum Gasteiger partial charge on any atom is -0.470 e. The first-order valence-corrected chi connectivity index (χ1v) is 9.12. The predicted octanol–water partition coefficient (Wildman–Crippen LogP) is 6.21. The second-order valence-corrected chi connectivity index (χ2v) is 7.90. The number of ether oxygens (including phenoxy) is 2. The van der Waals surface area contributed by atoms with Crippen LogP contribution in [-0.2, 0) is 0 Å². The summed E-state index contributed by atoms with van der Waals surface area (Å²) in [6, 6.07) is 12.0. The van der Waals surface area contributed by atoms with Gasteiger partial charge in [0, 0.05) is 15.0 Å². The maximum atomic E-state index is 14.6. The first-order chi connectivity index (χ1) is 12.2. The number of hydrogen-bond donors (Lipinski definition) is 0. The van der Waals surface area contributed by atoms with Crippen LogP contribution in [-0.4, -0.2) is 17.4 Å². The van der Waals surface area contributed by atoms with E-state index in [-0.39, 0.29) is 11.5 Å². The second kappa shape index (κ2) is 5.73. The quantitative estimate of drug-likeness (QED) is 0.472. The normalized spacial score (nSPS) is 27.5. The lowest BCUT2D eigenvalue weighted by Gasteiger charge is -2.52. The van der Waals surface area contributed by atoms with Crippen LogP contribution in [0.25, 0.3) is 0 Å². The van der Waals surface area contributed by atoms with Crippen molar-refractivity contribution in [2.24, 2.45) is 5.92 Å². The second-order valence-electron chi connectivity index (χ2n) is 6.07. The molecule has 0 heterocycles. The van der Waals surface area contributed by atoms with E-state index in [9.17, 15) is 17.6 Å². The molecule has 2 aromatic rings. The Kier molecular flexibility index (Phi) is 3.93. The van der Waals surface area contributed by atoms with Gasteiger partial charge in [-0.25, -0.2) is 17.6 Å². The Bertz CT molecular complexity index is 863. The fourth-order valence-corrected chi connectivity index (χ4v) is 3.74. The molecule has 1 saturated carbocycles. The van der Waals surface area contributed by atoms with E-state index in [0.29, 0.717) is 10.5 Å². The Labute approximate surface area is 163 Å². The van der Waals surface area contributed by atoms with Gasteiger partial charge in [0.2, 0.25) is 0 Å². The summed E-state index contributed by atoms with van der Waals surface area (Å²) in [5, 5.41) is 0. The van der Waals surface area contributed by atoms with Crippen molar-refractivity contribution in [3.8, 4) is 11.5 Å². The van der Waals surface area contributed by atoms with Gasteiger partial charge in [0.25, 0.3) is 5.60 Å². The Morgan fingerprint density at radius 1 is 0.731 bits per heavy atom. The van der Waals surface area contributed by atoms with Crippen LogP contribution in [0.5, 0.6) is 11.5 Å². The van der Waals surface area contributed by atoms with Crippen molar-refractivity contribution >= 4 is 31.9 Å². The lowest BCUT2D eigenvalue weighted by atomic mass is 9.69. The van der Waals surface area contributed by atoms with E-state index in [1.807, 2.05) is 0 Å². The van der Waals surface area contributed by atoms with Crippen LogP contribution in [0, 0.1) is 5.92 Å². The standard InChI is InChI=1S/C18H10Br2F4O2/c19-10-1-5-12(6-2-10)25-14-9-16(17(21,22)15(14)18(16,23)24)26-13-7-3-11(20)4-8-13/h1-9,15H. The van der Waals surface area contributed by atoms with Crippen LogP contribution in [0.3, 0.4) is 0 Å². The zero-order chi connectivity index (χ0) is 18.7. The Morgan fingerprint density at radius 3 is 1.69 bits per heavy atom. The molecule has 0 aromatic heterocycles. The number of halogens is 6. The Balaban J connectivity index is 1.68. The Morgan fingerprint density at radius 2 is 1.19 bits per heavy atom. The summed E-state index contributed by atoms with van der Waals surface area (Å²) >= 11 is 6.42. The number of alkyl halides is 4. The molecule has 1 fully saturated rings. The molecular weight excluding hydrogens is 484 g/mol. The van der Waals surface area contributed by atoms with Gasteiger partial charge in [-0.15, -0.1) is 0 Å². The average molecular weight is 494 g/mol. The fourth-order valence-electron chi connectivity index (χ4n) is 3.22. The lowest BCUT2D eigenvalue weighted by Crippen LogP contribution is -2.77. The minimum absolute atomic E-state index is 0.0767. The number of benzene rings is 2. The van der Waals surface area contributed by atoms with E-state index >= 15 is 0 Å². The molecule has 0 radical (unpaired) electrons. The van der Waals surface area contributed by atoms with Gasteiger partial charge in [-0.2, -0.15) is 0 Å². The molecule has 2 nitrogen and oxygen atoms in total. The molecule has 0 aliphatic heterocycles. The van der Waals surface area contributed by atoms with Crippen molar-refractivity contribution < 1.29 is 27.0 Å². The van der Waals surface area contributed by atoms with E-state index < -0.39 is 29.1 Å². The minimum atomic E-state index is -3.78. The van der Waals surface area contributed by atoms with Crippen LogP contribution in [0.1, 0.15) is 0 Å². The van der Waals surface area contributed by atoms with Crippen molar-refractivity contribution in [2.45, 2.75) is 17.4 Å². The number of hydrogen-bond acceptors (Lipinski definition) is 2. The zero-order valence-electron chi connectivity index (χ0n) is 12.9. The van der Waals surface area contributed by atoms with Gasteiger partial charge in [-0.05, 0) is 48.5 Å². The molecule has 0 spiro atoms. The average Bonchev–Trinajstić information content (AvgIpc) is 2.94. The fraction of sp³-hybridized carbons (Fsp3) is 0.222. The molecule has 136 valence electrons. The van der Waals surface area contributed by atoms with Gasteiger partial charge in [-0.3, -0.25) is 0 Å². The van der Waals surface area contributed by atoms with Crippen LogP contribution < -0.4 is 9.47 Å². The molecule has 0 N–H and O–H groups in total. The zero-order valence-corrected chi connectivity index (χ0v) is 16.0. The summed E-state index contributed by atoms with van der Waals surface area (Å²) < 4.78 is 70.1. The molecule has 2 bridgehead atoms. The van der Waals surface area contributed by atoms with Crippen molar-refractivity contribution in [3.63, 3.8) is 0 Å². The molecule has 0 unspecified atom stereocenters. The van der Waals surface area contributed by atoms with Crippen LogP contribution in [0.15, 0.2) is 69.3 Å². The van der Waals surface area contributed by atoms with Crippen LogP contribution in [0.4, 0.5) is 17.6 Å². The summed E-state index contributed by atoms with van der Waals surface area (Å²) in [5.74, 6) is -10.3. The summed E-state index contributed by atoms with van der Waals surface area (Å²) in [4.78, 5) is 0. The monoisotopic (exact) mass is 492 g/mol. The topological polar surface area (TPSA) is 18.5 Å². The molecule has 0 atom stereocenters. The summed E-state index contributed by atoms with van der Waals surface area (Å²) in [6.07, 6.45) is 0.710. The van der Waals surface area contributed by atoms with E-state index in [1.54, 1.807) is 12.1 Å². The predicted molar refractivity (Wildman–Crippen MR) is 93.7 cm³/mol. The number of rotatable bonds is 4. The van der Waals surface area contributed by atoms with E-state index in [0.717, 1.165) is 4.47 Å². The van der Waals surface area contributed by atoms with Crippen molar-refractivity contribution in [1.82, 2.24) is 0 Å². The van der Waals surface area contributed by atoms with Gasteiger partial charge >= 0.3 is 11.8 Å². The first-order valence-electron chi connectivity index (χ1n) is 7.54. The highest BCUT2D eigenvalue weighted by Gasteiger charge is 2.93. The van der Waals surface area contributed by atoms with Gasteiger partial charge in [0.1, 0.15) is 17.3 Å². The van der Waals surface area contributed by atoms with Gasteiger partial charge in [-0.1, -0.05) is 31.9 Å². The maximum Gasteiger partial charge on any atom is 0.312 e. The molecule has 3 aliphatic rings. The highest BCUT2D eigenvalue weighted by Crippen LogP contribution is 2.71. The Hall–Kier alpha value is -1.54. The smallest absolute Gasteiger partial charge is 0.312 e. The van der Waals surface area contributed by atoms with Crippen molar-refractivity contribution in [2.75, 3.05) is 0 Å². The summed E-state index contributed by atoms with van der Waals surface area (Å²) in [5.41, 5.74) is -3.05. The summed E-state index contributed by atoms with van der Waals surface area (Å²) in [6.45, 7) is 0. The first kappa shape index (κ1) is 17.9. The van der Waals surface area contributed by atoms with Crippen molar-refractivity contribution in [3.05, 3.63) is 69.3 Å². The van der Waals surface area contributed by atoms with E-state index in [4.69, 9.17) is 9.47 Å². The van der Waals surface area contributed by atoms with E-state index in [1.165, 1.54) is 36.4 Å². The van der Waals surface area contributed by atoms with Crippen LogP contribution >= 0.6 is 31.9 Å². The molecule has 0 saturated heterocycles. The third kappa shape index (κ3) is 2.34. The molecule has 26 heavy (non-hydrogen) atoms. The molecule has 3 aliphatic carbocycles. The molecule has 5 rings (SSSR count). The molecular formula is C18H10Br2F4O2. The maximum absolute atomic E-state index is 14.6. The molecule has 0 amide bonds. The third-order valence-corrected chi connectivity index (χ3v) is 5.54. The largest absolute Gasteiger partial charge is 0.470 e. The van der Waals surface area contributed by atoms with Crippen LogP contribution in [0.2, 0.25) is 0 Å². The highest BCUT2D eigenvalue weighted by atomic mass is 79.9. The summed E-state index contributed by atoms with van der Waals surface area (Å²) in [7, 11) is 0. The molecule has 8 heteroatoms. The van der Waals surface area contributed by atoms with Gasteiger partial charge < -0.3 is 9.47 Å². The van der Waals surface area contributed by atoms with Crippen molar-refractivity contribution in [1.29, 1.82) is 0 Å². The van der Waals surface area contributed by atoms with Gasteiger partial charge in [0.15, 0.2) is 5.92 Å². The third-order valence-electron chi connectivity index (χ3n) is 4.49. The molecule has 2 aromatic carbocycles. The SMILES string of the molecule is FC1(F)C2C(Oc3ccc(Br)cc3)=CC1(Oc1ccc(Br)cc1)C2(F)F.